The van der Waals surface area contributed by atoms with Crippen LogP contribution in [-0.4, -0.2) is 0 Å². The summed E-state index contributed by atoms with van der Waals surface area (Å²) in [5, 5.41) is 0.591. The van der Waals surface area contributed by atoms with E-state index in [9.17, 15) is 17.6 Å². The molecule has 0 nitrogen and oxygen atoms in total. The number of hydrogen-bond donors (Lipinski definition) is 0. The molecule has 0 aliphatic carbocycles. The lowest BCUT2D eigenvalue weighted by molar-refractivity contribution is 0.517. The van der Waals surface area contributed by atoms with Gasteiger partial charge in [0, 0.05) is 10.9 Å². The van der Waals surface area contributed by atoms with Crippen LogP contribution < -0.4 is 0 Å². The lowest BCUT2D eigenvalue weighted by atomic mass is 10.1. The van der Waals surface area contributed by atoms with E-state index in [-0.39, 0.29) is 10.9 Å². The summed E-state index contributed by atoms with van der Waals surface area (Å²) in [7, 11) is 0. The standard InChI is InChI=1S/C20H12F4/c1-2-12-10-18(22)16(19(23)11-12)7-4-13-3-6-15-14(9-13)5-8-17(21)20(15)24/h3,5-6,8-11H,2H2,1H3. The third-order valence-corrected chi connectivity index (χ3v) is 3.75. The number of benzene rings is 3. The molecule has 0 saturated heterocycles. The van der Waals surface area contributed by atoms with Crippen LogP contribution in [0.4, 0.5) is 17.6 Å². The van der Waals surface area contributed by atoms with Gasteiger partial charge in [-0.15, -0.1) is 0 Å². The van der Waals surface area contributed by atoms with Gasteiger partial charge in [0.05, 0.1) is 5.56 Å². The highest BCUT2D eigenvalue weighted by atomic mass is 19.2. The molecule has 0 heterocycles. The van der Waals surface area contributed by atoms with Gasteiger partial charge < -0.3 is 0 Å². The van der Waals surface area contributed by atoms with E-state index in [1.807, 2.05) is 0 Å². The molecule has 0 spiro atoms. The summed E-state index contributed by atoms with van der Waals surface area (Å²) in [5.74, 6) is 1.84. The first-order valence-corrected chi connectivity index (χ1v) is 7.37. The zero-order valence-electron chi connectivity index (χ0n) is 12.8. The lowest BCUT2D eigenvalue weighted by Gasteiger charge is -2.02. The number of aryl methyl sites for hydroxylation is 1. The summed E-state index contributed by atoms with van der Waals surface area (Å²) in [4.78, 5) is 0. The van der Waals surface area contributed by atoms with Crippen LogP contribution in [0.3, 0.4) is 0 Å². The molecule has 120 valence electrons. The first-order chi connectivity index (χ1) is 11.5. The van der Waals surface area contributed by atoms with Crippen molar-refractivity contribution < 1.29 is 17.6 Å². The van der Waals surface area contributed by atoms with Crippen molar-refractivity contribution in [2.45, 2.75) is 13.3 Å². The first-order valence-electron chi connectivity index (χ1n) is 7.37. The average Bonchev–Trinajstić information content (AvgIpc) is 2.57. The van der Waals surface area contributed by atoms with E-state index >= 15 is 0 Å². The Morgan fingerprint density at radius 1 is 0.792 bits per heavy atom. The second-order valence-corrected chi connectivity index (χ2v) is 5.34. The minimum absolute atomic E-state index is 0.130. The van der Waals surface area contributed by atoms with Crippen molar-refractivity contribution in [3.8, 4) is 11.8 Å². The van der Waals surface area contributed by atoms with Crippen LogP contribution in [0.2, 0.25) is 0 Å². The molecule has 0 radical (unpaired) electrons. The van der Waals surface area contributed by atoms with Crippen LogP contribution in [0.1, 0.15) is 23.6 Å². The van der Waals surface area contributed by atoms with Gasteiger partial charge in [-0.2, -0.15) is 0 Å². The number of hydrogen-bond acceptors (Lipinski definition) is 0. The minimum atomic E-state index is -0.931. The molecular formula is C20H12F4. The normalized spacial score (nSPS) is 10.5. The highest BCUT2D eigenvalue weighted by molar-refractivity contribution is 5.84. The molecule has 0 aliphatic rings. The quantitative estimate of drug-likeness (QED) is 0.417. The molecule has 0 bridgehead atoms. The highest BCUT2D eigenvalue weighted by Gasteiger charge is 2.09. The Bertz CT molecular complexity index is 971. The van der Waals surface area contributed by atoms with E-state index < -0.39 is 23.3 Å². The van der Waals surface area contributed by atoms with Crippen molar-refractivity contribution in [1.29, 1.82) is 0 Å². The maximum absolute atomic E-state index is 13.9. The van der Waals surface area contributed by atoms with Crippen LogP contribution >= 0.6 is 0 Å². The topological polar surface area (TPSA) is 0 Å². The van der Waals surface area contributed by atoms with Crippen molar-refractivity contribution in [3.05, 3.63) is 82.4 Å². The average molecular weight is 328 g/mol. The molecule has 0 saturated carbocycles. The van der Waals surface area contributed by atoms with Gasteiger partial charge in [0.1, 0.15) is 11.6 Å². The predicted molar refractivity (Wildman–Crippen MR) is 85.6 cm³/mol. The minimum Gasteiger partial charge on any atom is -0.206 e. The zero-order valence-corrected chi connectivity index (χ0v) is 12.8. The van der Waals surface area contributed by atoms with E-state index in [0.717, 1.165) is 6.07 Å². The van der Waals surface area contributed by atoms with E-state index in [1.54, 1.807) is 13.0 Å². The van der Waals surface area contributed by atoms with Crippen molar-refractivity contribution in [2.24, 2.45) is 0 Å². The van der Waals surface area contributed by atoms with Crippen LogP contribution in [0.5, 0.6) is 0 Å². The number of halogens is 4. The van der Waals surface area contributed by atoms with Crippen LogP contribution in [0.25, 0.3) is 10.8 Å². The predicted octanol–water partition coefficient (Wildman–Crippen LogP) is 5.36. The molecule has 3 rings (SSSR count). The van der Waals surface area contributed by atoms with E-state index in [1.165, 1.54) is 30.3 Å². The summed E-state index contributed by atoms with van der Waals surface area (Å²) in [6, 6.07) is 9.38. The van der Waals surface area contributed by atoms with Gasteiger partial charge in [-0.3, -0.25) is 0 Å². The molecule has 24 heavy (non-hydrogen) atoms. The van der Waals surface area contributed by atoms with Crippen molar-refractivity contribution >= 4 is 10.8 Å². The van der Waals surface area contributed by atoms with Crippen molar-refractivity contribution in [2.75, 3.05) is 0 Å². The molecular weight excluding hydrogens is 316 g/mol. The molecule has 0 amide bonds. The fraction of sp³-hybridized carbons (Fsp3) is 0.100. The van der Waals surface area contributed by atoms with Gasteiger partial charge in [-0.05, 0) is 47.7 Å². The summed E-state index contributed by atoms with van der Waals surface area (Å²) in [6.07, 6.45) is 0.522. The third kappa shape index (κ3) is 2.98. The first kappa shape index (κ1) is 16.1. The Kier molecular flexibility index (Phi) is 4.26. The molecule has 0 atom stereocenters. The Labute approximate surface area is 136 Å². The molecule has 3 aromatic carbocycles. The van der Waals surface area contributed by atoms with Gasteiger partial charge in [-0.1, -0.05) is 30.9 Å². The molecule has 0 aromatic heterocycles. The summed E-state index contributed by atoms with van der Waals surface area (Å²) in [6.45, 7) is 1.80. The maximum atomic E-state index is 13.9. The van der Waals surface area contributed by atoms with Crippen molar-refractivity contribution in [3.63, 3.8) is 0 Å². The molecule has 4 heteroatoms. The molecule has 0 fully saturated rings. The lowest BCUT2D eigenvalue weighted by Crippen LogP contribution is -1.94. The monoisotopic (exact) mass is 328 g/mol. The Hall–Kier alpha value is -2.80. The van der Waals surface area contributed by atoms with Gasteiger partial charge in [0.15, 0.2) is 11.6 Å². The fourth-order valence-corrected chi connectivity index (χ4v) is 2.43. The third-order valence-electron chi connectivity index (χ3n) is 3.75. The van der Waals surface area contributed by atoms with E-state index in [4.69, 9.17) is 0 Å². The zero-order chi connectivity index (χ0) is 17.3. The smallest absolute Gasteiger partial charge is 0.166 e. The molecule has 0 aliphatic heterocycles. The Balaban J connectivity index is 2.03. The second-order valence-electron chi connectivity index (χ2n) is 5.34. The summed E-state index contributed by atoms with van der Waals surface area (Å²) >= 11 is 0. The maximum Gasteiger partial charge on any atom is 0.166 e. The molecule has 3 aromatic rings. The van der Waals surface area contributed by atoms with Crippen LogP contribution in [0.15, 0.2) is 42.5 Å². The van der Waals surface area contributed by atoms with Gasteiger partial charge in [0.25, 0.3) is 0 Å². The van der Waals surface area contributed by atoms with Gasteiger partial charge in [-0.25, -0.2) is 17.6 Å². The number of fused-ring (bicyclic) bond motifs is 1. The van der Waals surface area contributed by atoms with Gasteiger partial charge in [0.2, 0.25) is 0 Å². The largest absolute Gasteiger partial charge is 0.206 e. The number of rotatable bonds is 1. The highest BCUT2D eigenvalue weighted by Crippen LogP contribution is 2.21. The van der Waals surface area contributed by atoms with E-state index in [0.29, 0.717) is 22.9 Å². The summed E-state index contributed by atoms with van der Waals surface area (Å²) in [5.41, 5.74) is 0.697. The van der Waals surface area contributed by atoms with Crippen LogP contribution in [0, 0.1) is 35.1 Å². The summed E-state index contributed by atoms with van der Waals surface area (Å²) < 4.78 is 54.7. The Morgan fingerprint density at radius 3 is 2.17 bits per heavy atom. The van der Waals surface area contributed by atoms with E-state index in [2.05, 4.69) is 11.8 Å². The molecule has 0 unspecified atom stereocenters. The van der Waals surface area contributed by atoms with Crippen LogP contribution in [-0.2, 0) is 6.42 Å². The SMILES string of the molecule is CCc1cc(F)c(C#Cc2ccc3c(F)c(F)ccc3c2)c(F)c1. The second kappa shape index (κ2) is 6.37. The molecule has 0 N–H and O–H groups in total. The van der Waals surface area contributed by atoms with Gasteiger partial charge >= 0.3 is 0 Å². The fourth-order valence-electron chi connectivity index (χ4n) is 2.43. The van der Waals surface area contributed by atoms with Crippen molar-refractivity contribution in [1.82, 2.24) is 0 Å². The Morgan fingerprint density at radius 2 is 1.50 bits per heavy atom.